The lowest BCUT2D eigenvalue weighted by Gasteiger charge is -2.13. The van der Waals surface area contributed by atoms with Crippen LogP contribution in [0.15, 0.2) is 4.99 Å². The number of nitrogens with one attached hydrogen (secondary N) is 3. The Morgan fingerprint density at radius 3 is 2.63 bits per heavy atom. The molecule has 1 amide bonds. The number of aliphatic imine (C=N–C) groups is 1. The molecule has 27 heavy (non-hydrogen) atoms. The number of hydrogen-bond donors (Lipinski definition) is 3. The van der Waals surface area contributed by atoms with Gasteiger partial charge >= 0.3 is 0 Å². The summed E-state index contributed by atoms with van der Waals surface area (Å²) in [5.74, 6) is 0.701. The molecule has 0 bridgehead atoms. The van der Waals surface area contributed by atoms with Crippen LogP contribution in [0.2, 0.25) is 0 Å². The van der Waals surface area contributed by atoms with Gasteiger partial charge in [-0.15, -0.1) is 35.3 Å². The monoisotopic (exact) mass is 529 g/mol. The van der Waals surface area contributed by atoms with Crippen LogP contribution in [0.5, 0.6) is 0 Å². The molecule has 1 saturated heterocycles. The Kier molecular flexibility index (Phi) is 9.95. The molecule has 1 atom stereocenters. The summed E-state index contributed by atoms with van der Waals surface area (Å²) in [6.45, 7) is 7.62. The predicted molar refractivity (Wildman–Crippen MR) is 120 cm³/mol. The number of carbonyl (C=O) groups is 1. The van der Waals surface area contributed by atoms with Crippen LogP contribution < -0.4 is 16.0 Å². The number of sulfone groups is 1. The average Bonchev–Trinajstić information content (AvgIpc) is 3.05. The molecule has 2 rings (SSSR count). The van der Waals surface area contributed by atoms with Crippen LogP contribution in [0.4, 0.5) is 0 Å². The highest BCUT2D eigenvalue weighted by Gasteiger charge is 2.28. The summed E-state index contributed by atoms with van der Waals surface area (Å²) in [5.41, 5.74) is 0.998. The summed E-state index contributed by atoms with van der Waals surface area (Å²) in [6, 6.07) is -0.257. The molecule has 1 fully saturated rings. The van der Waals surface area contributed by atoms with Crippen LogP contribution in [0.3, 0.4) is 0 Å². The lowest BCUT2D eigenvalue weighted by atomic mass is 10.2. The number of halogens is 1. The van der Waals surface area contributed by atoms with Gasteiger partial charge in [0.25, 0.3) is 0 Å². The van der Waals surface area contributed by atoms with Crippen LogP contribution in [0, 0.1) is 13.8 Å². The largest absolute Gasteiger partial charge is 0.357 e. The topological polar surface area (TPSA) is 113 Å². The van der Waals surface area contributed by atoms with E-state index >= 15 is 0 Å². The Bertz CT molecular complexity index is 764. The highest BCUT2D eigenvalue weighted by atomic mass is 127. The SMILES string of the molecule is CCNC(=NCc1sc(C)nc1C)NCCC(=O)NC1CCS(=O)(=O)C1.I. The van der Waals surface area contributed by atoms with Crippen molar-refractivity contribution in [3.63, 3.8) is 0 Å². The molecule has 2 heterocycles. The van der Waals surface area contributed by atoms with Gasteiger partial charge < -0.3 is 16.0 Å². The van der Waals surface area contributed by atoms with Crippen LogP contribution in [-0.2, 0) is 21.2 Å². The first-order valence-corrected chi connectivity index (χ1v) is 11.4. The fourth-order valence-electron chi connectivity index (χ4n) is 2.72. The van der Waals surface area contributed by atoms with E-state index < -0.39 is 9.84 Å². The molecule has 0 spiro atoms. The summed E-state index contributed by atoms with van der Waals surface area (Å²) in [4.78, 5) is 22.0. The summed E-state index contributed by atoms with van der Waals surface area (Å²) in [6.07, 6.45) is 0.763. The van der Waals surface area contributed by atoms with E-state index in [0.29, 0.717) is 25.5 Å². The predicted octanol–water partition coefficient (Wildman–Crippen LogP) is 1.13. The van der Waals surface area contributed by atoms with Crippen molar-refractivity contribution in [3.8, 4) is 0 Å². The first kappa shape index (κ1) is 24.1. The number of guanidine groups is 1. The number of amides is 1. The second-order valence-corrected chi connectivity index (χ2v) is 9.80. The average molecular weight is 529 g/mol. The smallest absolute Gasteiger partial charge is 0.222 e. The Labute approximate surface area is 182 Å². The van der Waals surface area contributed by atoms with E-state index in [2.05, 4.69) is 25.9 Å². The number of rotatable bonds is 7. The molecule has 8 nitrogen and oxygen atoms in total. The van der Waals surface area contributed by atoms with Gasteiger partial charge in [-0.05, 0) is 27.2 Å². The summed E-state index contributed by atoms with van der Waals surface area (Å²) in [7, 11) is -2.98. The fraction of sp³-hybridized carbons (Fsp3) is 0.688. The molecule has 0 saturated carbocycles. The summed E-state index contributed by atoms with van der Waals surface area (Å²) >= 11 is 1.63. The first-order valence-electron chi connectivity index (χ1n) is 8.74. The van der Waals surface area contributed by atoms with E-state index in [1.165, 1.54) is 0 Å². The molecular formula is C16H28IN5O3S2. The highest BCUT2D eigenvalue weighted by molar-refractivity contribution is 14.0. The van der Waals surface area contributed by atoms with Crippen molar-refractivity contribution >= 4 is 57.0 Å². The minimum atomic E-state index is -2.98. The van der Waals surface area contributed by atoms with Crippen molar-refractivity contribution in [1.29, 1.82) is 0 Å². The van der Waals surface area contributed by atoms with Crippen molar-refractivity contribution in [1.82, 2.24) is 20.9 Å². The van der Waals surface area contributed by atoms with Gasteiger partial charge in [-0.3, -0.25) is 4.79 Å². The van der Waals surface area contributed by atoms with Crippen LogP contribution in [0.1, 0.15) is 35.3 Å². The third-order valence-electron chi connectivity index (χ3n) is 3.97. The third kappa shape index (κ3) is 8.30. The molecule has 0 aromatic carbocycles. The number of nitrogens with zero attached hydrogens (tertiary/aromatic N) is 2. The number of aromatic nitrogens is 1. The van der Waals surface area contributed by atoms with E-state index in [9.17, 15) is 13.2 Å². The lowest BCUT2D eigenvalue weighted by molar-refractivity contribution is -0.121. The zero-order valence-corrected chi connectivity index (χ0v) is 19.8. The molecule has 1 aliphatic heterocycles. The Hall–Kier alpha value is -0.950. The molecule has 1 aromatic heterocycles. The summed E-state index contributed by atoms with van der Waals surface area (Å²) < 4.78 is 22.8. The van der Waals surface area contributed by atoms with Crippen LogP contribution in [0.25, 0.3) is 0 Å². The third-order valence-corrected chi connectivity index (χ3v) is 6.79. The molecule has 1 aromatic rings. The van der Waals surface area contributed by atoms with E-state index in [-0.39, 0.29) is 53.9 Å². The van der Waals surface area contributed by atoms with Crippen molar-refractivity contribution < 1.29 is 13.2 Å². The van der Waals surface area contributed by atoms with E-state index in [1.54, 1.807) is 11.3 Å². The second-order valence-electron chi connectivity index (χ2n) is 6.28. The zero-order valence-electron chi connectivity index (χ0n) is 15.9. The Morgan fingerprint density at radius 1 is 1.33 bits per heavy atom. The fourth-order valence-corrected chi connectivity index (χ4v) is 5.25. The number of carbonyl (C=O) groups excluding carboxylic acids is 1. The maximum absolute atomic E-state index is 12.0. The second kappa shape index (κ2) is 11.1. The molecule has 11 heteroatoms. The maximum atomic E-state index is 12.0. The maximum Gasteiger partial charge on any atom is 0.222 e. The molecule has 3 N–H and O–H groups in total. The minimum absolute atomic E-state index is 0. The van der Waals surface area contributed by atoms with Crippen molar-refractivity contribution in [3.05, 3.63) is 15.6 Å². The van der Waals surface area contributed by atoms with Crippen molar-refractivity contribution in [2.45, 2.75) is 46.2 Å². The quantitative estimate of drug-likeness (QED) is 0.277. The van der Waals surface area contributed by atoms with Gasteiger partial charge in [0.05, 0.1) is 28.8 Å². The van der Waals surface area contributed by atoms with Gasteiger partial charge in [-0.25, -0.2) is 18.4 Å². The van der Waals surface area contributed by atoms with Crippen molar-refractivity contribution in [2.24, 2.45) is 4.99 Å². The molecule has 154 valence electrons. The molecular weight excluding hydrogens is 501 g/mol. The Balaban J connectivity index is 0.00000364. The lowest BCUT2D eigenvalue weighted by Crippen LogP contribution is -2.41. The Morgan fingerprint density at radius 2 is 2.07 bits per heavy atom. The first-order chi connectivity index (χ1) is 12.3. The highest BCUT2D eigenvalue weighted by Crippen LogP contribution is 2.17. The van der Waals surface area contributed by atoms with Gasteiger partial charge in [0, 0.05) is 30.4 Å². The number of hydrogen-bond acceptors (Lipinski definition) is 6. The summed E-state index contributed by atoms with van der Waals surface area (Å²) in [5, 5.41) is 10.1. The van der Waals surface area contributed by atoms with Crippen LogP contribution in [-0.4, -0.2) is 55.9 Å². The van der Waals surface area contributed by atoms with Crippen LogP contribution >= 0.6 is 35.3 Å². The minimum Gasteiger partial charge on any atom is -0.357 e. The van der Waals surface area contributed by atoms with E-state index in [1.807, 2.05) is 20.8 Å². The van der Waals surface area contributed by atoms with Gasteiger partial charge in [0.15, 0.2) is 15.8 Å². The standard InChI is InChI=1S/C16H27N5O3S2.HI/c1-4-17-16(19-9-14-11(2)20-12(3)25-14)18-7-5-15(22)21-13-6-8-26(23,24)10-13;/h13H,4-10H2,1-3H3,(H,21,22)(H2,17,18,19);1H. The van der Waals surface area contributed by atoms with Gasteiger partial charge in [0.2, 0.25) is 5.91 Å². The number of thiazole rings is 1. The molecule has 1 aliphatic rings. The molecule has 1 unspecified atom stereocenters. The zero-order chi connectivity index (χ0) is 19.2. The molecule has 0 aliphatic carbocycles. The van der Waals surface area contributed by atoms with E-state index in [0.717, 1.165) is 22.1 Å². The molecule has 0 radical (unpaired) electrons. The normalized spacial score (nSPS) is 18.6. The van der Waals surface area contributed by atoms with Gasteiger partial charge in [-0.2, -0.15) is 0 Å². The van der Waals surface area contributed by atoms with Gasteiger partial charge in [0.1, 0.15) is 0 Å². The van der Waals surface area contributed by atoms with Gasteiger partial charge in [-0.1, -0.05) is 0 Å². The number of aryl methyl sites for hydroxylation is 2. The van der Waals surface area contributed by atoms with E-state index in [4.69, 9.17) is 0 Å². The van der Waals surface area contributed by atoms with Crippen molar-refractivity contribution in [2.75, 3.05) is 24.6 Å².